The van der Waals surface area contributed by atoms with Crippen molar-refractivity contribution in [2.75, 3.05) is 18.0 Å². The fraction of sp³-hybridized carbons (Fsp3) is 0.406. The van der Waals surface area contributed by atoms with Gasteiger partial charge in [0.15, 0.2) is 0 Å². The minimum absolute atomic E-state index is 0.0133. The summed E-state index contributed by atoms with van der Waals surface area (Å²) in [5.74, 6) is 3.32. The third kappa shape index (κ3) is 3.11. The van der Waals surface area contributed by atoms with Gasteiger partial charge in [0.1, 0.15) is 0 Å². The van der Waals surface area contributed by atoms with Gasteiger partial charge in [-0.05, 0) is 84.6 Å². The van der Waals surface area contributed by atoms with Crippen molar-refractivity contribution in [2.24, 2.45) is 11.3 Å². The van der Waals surface area contributed by atoms with Gasteiger partial charge in [-0.1, -0.05) is 39.3 Å². The first kappa shape index (κ1) is 22.1. The summed E-state index contributed by atoms with van der Waals surface area (Å²) in [6, 6.07) is 13.7. The molecule has 3 nitrogen and oxygen atoms in total. The Kier molecular flexibility index (Phi) is 4.75. The highest BCUT2D eigenvalue weighted by Gasteiger charge is 2.50. The van der Waals surface area contributed by atoms with Crippen LogP contribution in [0, 0.1) is 35.0 Å². The van der Waals surface area contributed by atoms with Crippen LogP contribution < -0.4 is 4.90 Å². The Morgan fingerprint density at radius 2 is 1.91 bits per heavy atom. The van der Waals surface area contributed by atoms with E-state index in [4.69, 9.17) is 6.42 Å². The lowest BCUT2D eigenvalue weighted by atomic mass is 9.69. The van der Waals surface area contributed by atoms with Crippen molar-refractivity contribution < 1.29 is 0 Å². The van der Waals surface area contributed by atoms with Gasteiger partial charge in [-0.3, -0.25) is 0 Å². The number of piperidine rings is 1. The number of hydrogen-bond donors (Lipinski definition) is 1. The van der Waals surface area contributed by atoms with E-state index in [0.29, 0.717) is 5.92 Å². The topological polar surface area (TPSA) is 42.8 Å². The van der Waals surface area contributed by atoms with Gasteiger partial charge in [-0.25, -0.2) is 0 Å². The molecule has 1 saturated heterocycles. The number of benzene rings is 2. The largest absolute Gasteiger partial charge is 0.371 e. The lowest BCUT2D eigenvalue weighted by Crippen LogP contribution is -2.37. The molecule has 2 fully saturated rings. The molecule has 3 aliphatic rings. The van der Waals surface area contributed by atoms with Gasteiger partial charge >= 0.3 is 0 Å². The highest BCUT2D eigenvalue weighted by molar-refractivity contribution is 6.01. The van der Waals surface area contributed by atoms with Crippen molar-refractivity contribution in [1.82, 2.24) is 4.98 Å². The number of nitrogens with one attached hydrogen (secondary N) is 1. The van der Waals surface area contributed by atoms with Gasteiger partial charge < -0.3 is 9.88 Å². The van der Waals surface area contributed by atoms with E-state index in [-0.39, 0.29) is 10.8 Å². The van der Waals surface area contributed by atoms with Crippen molar-refractivity contribution in [3.8, 4) is 18.4 Å². The molecule has 2 aliphatic carbocycles. The Hall–Kier alpha value is -3.43. The summed E-state index contributed by atoms with van der Waals surface area (Å²) >= 11 is 0. The quantitative estimate of drug-likeness (QED) is 0.431. The van der Waals surface area contributed by atoms with Crippen molar-refractivity contribution in [2.45, 2.75) is 58.3 Å². The minimum atomic E-state index is -0.181. The summed E-state index contributed by atoms with van der Waals surface area (Å²) in [7, 11) is 0. The Labute approximate surface area is 208 Å². The third-order valence-corrected chi connectivity index (χ3v) is 9.12. The van der Waals surface area contributed by atoms with Crippen LogP contribution in [0.15, 0.2) is 36.9 Å². The molecule has 1 aliphatic heterocycles. The van der Waals surface area contributed by atoms with Crippen molar-refractivity contribution in [3.63, 3.8) is 0 Å². The molecule has 1 saturated carbocycles. The molecule has 6 rings (SSSR count). The third-order valence-electron chi connectivity index (χ3n) is 9.12. The van der Waals surface area contributed by atoms with Crippen LogP contribution in [0.5, 0.6) is 0 Å². The summed E-state index contributed by atoms with van der Waals surface area (Å²) in [6.45, 7) is 13.6. The average molecular weight is 460 g/mol. The molecule has 3 aromatic rings. The number of nitriles is 1. The molecule has 2 heterocycles. The summed E-state index contributed by atoms with van der Waals surface area (Å²) in [4.78, 5) is 6.29. The first-order valence-electron chi connectivity index (χ1n) is 13.0. The maximum Gasteiger partial charge on any atom is 0.0692 e. The monoisotopic (exact) mass is 459 g/mol. The Morgan fingerprint density at radius 1 is 1.17 bits per heavy atom. The smallest absolute Gasteiger partial charge is 0.0692 e. The standard InChI is InChI=1S/C32H33N3/c1-6-21-8-9-24-27(16-21)34-30-29(24)20(3)25-17-22(7-2)28(18-26(25)31(30,4)5)35-14-10-23(11-15-35)32(19-33)12-13-32/h1,8-9,16-18,23,34H,3,7,10-15H2,2,4-5H3. The second kappa shape index (κ2) is 7.53. The molecule has 1 N–H and O–H groups in total. The SMILES string of the molecule is C#Cc1ccc2c3c([nH]c2c1)C(C)(C)c1cc(N2CCC(C4(C#N)CC4)CC2)c(CC)cc1C3=C. The van der Waals surface area contributed by atoms with Crippen LogP contribution in [-0.2, 0) is 11.8 Å². The molecule has 2 aromatic carbocycles. The molecule has 3 heteroatoms. The van der Waals surface area contributed by atoms with Crippen LogP contribution in [0.25, 0.3) is 16.5 Å². The summed E-state index contributed by atoms with van der Waals surface area (Å²) in [5, 5.41) is 10.9. The number of H-pyrrole nitrogens is 1. The van der Waals surface area contributed by atoms with Crippen LogP contribution in [0.3, 0.4) is 0 Å². The molecular weight excluding hydrogens is 426 g/mol. The number of anilines is 1. The highest BCUT2D eigenvalue weighted by atomic mass is 15.1. The second-order valence-electron chi connectivity index (χ2n) is 11.3. The highest BCUT2D eigenvalue weighted by Crippen LogP contribution is 2.55. The number of nitrogens with zero attached hydrogens (tertiary/aromatic N) is 2. The van der Waals surface area contributed by atoms with Crippen LogP contribution in [0.2, 0.25) is 0 Å². The number of terminal acetylenes is 1. The van der Waals surface area contributed by atoms with E-state index in [9.17, 15) is 5.26 Å². The fourth-order valence-corrected chi connectivity index (χ4v) is 6.74. The van der Waals surface area contributed by atoms with Crippen LogP contribution in [0.1, 0.15) is 80.0 Å². The van der Waals surface area contributed by atoms with Crippen molar-refractivity contribution in [3.05, 3.63) is 70.4 Å². The summed E-state index contributed by atoms with van der Waals surface area (Å²) in [6.07, 6.45) is 11.1. The minimum Gasteiger partial charge on any atom is -0.371 e. The van der Waals surface area contributed by atoms with E-state index >= 15 is 0 Å². The summed E-state index contributed by atoms with van der Waals surface area (Å²) in [5.41, 5.74) is 10.7. The first-order chi connectivity index (χ1) is 16.8. The molecule has 0 bridgehead atoms. The molecule has 35 heavy (non-hydrogen) atoms. The van der Waals surface area contributed by atoms with Gasteiger partial charge in [0.25, 0.3) is 0 Å². The van der Waals surface area contributed by atoms with Crippen molar-refractivity contribution >= 4 is 22.2 Å². The van der Waals surface area contributed by atoms with E-state index < -0.39 is 0 Å². The van der Waals surface area contributed by atoms with Gasteiger partial charge in [-0.2, -0.15) is 5.26 Å². The Bertz CT molecular complexity index is 1460. The Balaban J connectivity index is 1.42. The number of aromatic amines is 1. The predicted octanol–water partition coefficient (Wildman–Crippen LogP) is 6.93. The molecule has 0 spiro atoms. The number of hydrogen-bond acceptors (Lipinski definition) is 2. The lowest BCUT2D eigenvalue weighted by Gasteiger charge is -2.39. The van der Waals surface area contributed by atoms with Crippen LogP contribution in [0.4, 0.5) is 5.69 Å². The summed E-state index contributed by atoms with van der Waals surface area (Å²) < 4.78 is 0. The number of fused-ring (bicyclic) bond motifs is 4. The Morgan fingerprint density at radius 3 is 2.54 bits per heavy atom. The molecule has 0 unspecified atom stereocenters. The second-order valence-corrected chi connectivity index (χ2v) is 11.3. The van der Waals surface area contributed by atoms with Gasteiger partial charge in [0.05, 0.1) is 11.5 Å². The van der Waals surface area contributed by atoms with Gasteiger partial charge in [-0.15, -0.1) is 6.42 Å². The van der Waals surface area contributed by atoms with E-state index in [1.165, 1.54) is 39.0 Å². The van der Waals surface area contributed by atoms with E-state index in [1.54, 1.807) is 0 Å². The predicted molar refractivity (Wildman–Crippen MR) is 145 cm³/mol. The average Bonchev–Trinajstić information content (AvgIpc) is 3.59. The van der Waals surface area contributed by atoms with Crippen LogP contribution >= 0.6 is 0 Å². The lowest BCUT2D eigenvalue weighted by molar-refractivity contribution is 0.308. The zero-order valence-electron chi connectivity index (χ0n) is 21.1. The number of rotatable bonds is 3. The van der Waals surface area contributed by atoms with Gasteiger partial charge in [0, 0.05) is 51.9 Å². The maximum atomic E-state index is 9.67. The normalized spacial score (nSPS) is 20.1. The molecule has 176 valence electrons. The number of aromatic nitrogens is 1. The zero-order chi connectivity index (χ0) is 24.5. The fourth-order valence-electron chi connectivity index (χ4n) is 6.74. The van der Waals surface area contributed by atoms with Gasteiger partial charge in [0.2, 0.25) is 0 Å². The molecule has 0 radical (unpaired) electrons. The maximum absolute atomic E-state index is 9.67. The zero-order valence-corrected chi connectivity index (χ0v) is 21.1. The number of aryl methyl sites for hydroxylation is 1. The first-order valence-corrected chi connectivity index (χ1v) is 13.0. The molecule has 1 aromatic heterocycles. The van der Waals surface area contributed by atoms with E-state index in [2.05, 4.69) is 73.5 Å². The van der Waals surface area contributed by atoms with E-state index in [1.807, 2.05) is 6.07 Å². The molecular formula is C32H33N3. The van der Waals surface area contributed by atoms with E-state index in [0.717, 1.165) is 61.8 Å². The van der Waals surface area contributed by atoms with Crippen LogP contribution in [-0.4, -0.2) is 18.1 Å². The molecule has 0 atom stereocenters. The molecule has 0 amide bonds. The van der Waals surface area contributed by atoms with Crippen molar-refractivity contribution in [1.29, 1.82) is 5.26 Å².